The van der Waals surface area contributed by atoms with Crippen LogP contribution in [-0.4, -0.2) is 16.1 Å². The monoisotopic (exact) mass is 327 g/mol. The van der Waals surface area contributed by atoms with E-state index in [1.807, 2.05) is 6.08 Å². The second kappa shape index (κ2) is 7.69. The lowest BCUT2D eigenvalue weighted by Gasteiger charge is -2.19. The highest BCUT2D eigenvalue weighted by Gasteiger charge is 2.21. The van der Waals surface area contributed by atoms with Gasteiger partial charge in [0.25, 0.3) is 0 Å². The van der Waals surface area contributed by atoms with Crippen LogP contribution in [0.4, 0.5) is 0 Å². The molecule has 0 atom stereocenters. The average Bonchev–Trinajstić information content (AvgIpc) is 2.89. The number of para-hydroxylation sites is 1. The standard InChI is InChI=1S/C21H29NO2/c1-15(20(23)24)11-7-5-6-8-13-17-16-12-9-10-14-18(16)22-19(17)21(2,3)4/h9-12,14,22H,5-8,13H2,1-4H3,(H,23,24). The highest BCUT2D eigenvalue weighted by Crippen LogP contribution is 2.32. The van der Waals surface area contributed by atoms with E-state index in [9.17, 15) is 4.79 Å². The van der Waals surface area contributed by atoms with Gasteiger partial charge < -0.3 is 10.1 Å². The Balaban J connectivity index is 2.00. The maximum Gasteiger partial charge on any atom is 0.330 e. The van der Waals surface area contributed by atoms with Crippen LogP contribution in [0.25, 0.3) is 10.9 Å². The van der Waals surface area contributed by atoms with E-state index in [0.717, 1.165) is 32.1 Å². The number of unbranched alkanes of at least 4 members (excludes halogenated alkanes) is 3. The van der Waals surface area contributed by atoms with Crippen LogP contribution in [0.5, 0.6) is 0 Å². The van der Waals surface area contributed by atoms with E-state index < -0.39 is 5.97 Å². The number of hydrogen-bond donors (Lipinski definition) is 2. The molecule has 0 bridgehead atoms. The fourth-order valence-corrected chi connectivity index (χ4v) is 3.13. The number of benzene rings is 1. The number of rotatable bonds is 7. The number of aliphatic carboxylic acids is 1. The zero-order chi connectivity index (χ0) is 17.7. The Labute approximate surface area is 144 Å². The number of carbonyl (C=O) groups is 1. The molecule has 0 fully saturated rings. The summed E-state index contributed by atoms with van der Waals surface area (Å²) >= 11 is 0. The Bertz CT molecular complexity index is 732. The van der Waals surface area contributed by atoms with Gasteiger partial charge in [0.15, 0.2) is 0 Å². The second-order valence-electron chi connectivity index (χ2n) is 7.57. The number of aromatic amines is 1. The smallest absolute Gasteiger partial charge is 0.330 e. The van der Waals surface area contributed by atoms with Crippen LogP contribution in [0.15, 0.2) is 35.9 Å². The van der Waals surface area contributed by atoms with Crippen LogP contribution in [0.3, 0.4) is 0 Å². The molecule has 2 rings (SSSR count). The molecule has 1 heterocycles. The molecule has 2 aromatic rings. The van der Waals surface area contributed by atoms with Crippen LogP contribution in [0.2, 0.25) is 0 Å². The molecule has 1 aromatic heterocycles. The third kappa shape index (κ3) is 4.50. The van der Waals surface area contributed by atoms with Gasteiger partial charge in [-0.2, -0.15) is 0 Å². The van der Waals surface area contributed by atoms with E-state index in [0.29, 0.717) is 5.57 Å². The van der Waals surface area contributed by atoms with Crippen LogP contribution >= 0.6 is 0 Å². The quantitative estimate of drug-likeness (QED) is 0.514. The fraction of sp³-hybridized carbons (Fsp3) is 0.476. The van der Waals surface area contributed by atoms with E-state index in [2.05, 4.69) is 50.0 Å². The fourth-order valence-electron chi connectivity index (χ4n) is 3.13. The molecule has 0 aliphatic carbocycles. The van der Waals surface area contributed by atoms with E-state index in [-0.39, 0.29) is 5.41 Å². The van der Waals surface area contributed by atoms with Gasteiger partial charge in [-0.3, -0.25) is 0 Å². The summed E-state index contributed by atoms with van der Waals surface area (Å²) in [7, 11) is 0. The van der Waals surface area contributed by atoms with Crippen molar-refractivity contribution in [2.24, 2.45) is 0 Å². The summed E-state index contributed by atoms with van der Waals surface area (Å²) in [5, 5.41) is 10.2. The Hall–Kier alpha value is -2.03. The minimum Gasteiger partial charge on any atom is -0.478 e. The Morgan fingerprint density at radius 2 is 1.88 bits per heavy atom. The predicted octanol–water partition coefficient (Wildman–Crippen LogP) is 5.60. The maximum atomic E-state index is 10.8. The number of nitrogens with one attached hydrogen (secondary N) is 1. The molecule has 3 nitrogen and oxygen atoms in total. The molecule has 3 heteroatoms. The number of hydrogen-bond acceptors (Lipinski definition) is 1. The first-order chi connectivity index (χ1) is 11.3. The Morgan fingerprint density at radius 3 is 2.54 bits per heavy atom. The van der Waals surface area contributed by atoms with Crippen molar-refractivity contribution < 1.29 is 9.90 Å². The van der Waals surface area contributed by atoms with Crippen molar-refractivity contribution >= 4 is 16.9 Å². The van der Waals surface area contributed by atoms with Crippen LogP contribution in [-0.2, 0) is 16.6 Å². The van der Waals surface area contributed by atoms with Gasteiger partial charge >= 0.3 is 5.97 Å². The van der Waals surface area contributed by atoms with Crippen molar-refractivity contribution in [3.8, 4) is 0 Å². The molecular formula is C21H29NO2. The normalized spacial score (nSPS) is 12.8. The largest absolute Gasteiger partial charge is 0.478 e. The Kier molecular flexibility index (Phi) is 5.87. The third-order valence-electron chi connectivity index (χ3n) is 4.48. The van der Waals surface area contributed by atoms with Gasteiger partial charge in [-0.1, -0.05) is 51.5 Å². The summed E-state index contributed by atoms with van der Waals surface area (Å²) in [6.45, 7) is 8.41. The van der Waals surface area contributed by atoms with Crippen molar-refractivity contribution in [2.45, 2.75) is 65.2 Å². The molecule has 0 saturated carbocycles. The lowest BCUT2D eigenvalue weighted by Crippen LogP contribution is -2.14. The van der Waals surface area contributed by atoms with Gasteiger partial charge in [-0.15, -0.1) is 0 Å². The van der Waals surface area contributed by atoms with Gasteiger partial charge in [0, 0.05) is 27.6 Å². The highest BCUT2D eigenvalue weighted by atomic mass is 16.4. The first kappa shape index (κ1) is 18.3. The van der Waals surface area contributed by atoms with E-state index in [1.165, 1.54) is 22.2 Å². The third-order valence-corrected chi connectivity index (χ3v) is 4.48. The van der Waals surface area contributed by atoms with E-state index >= 15 is 0 Å². The first-order valence-electron chi connectivity index (χ1n) is 8.81. The maximum absolute atomic E-state index is 10.8. The zero-order valence-electron chi connectivity index (χ0n) is 15.3. The SMILES string of the molecule is CC(=CCCCCCc1c(C(C)(C)C)[nH]c2ccccc12)C(=O)O. The summed E-state index contributed by atoms with van der Waals surface area (Å²) in [6, 6.07) is 8.53. The van der Waals surface area contributed by atoms with Crippen molar-refractivity contribution in [3.63, 3.8) is 0 Å². The summed E-state index contributed by atoms with van der Waals surface area (Å²) in [4.78, 5) is 14.4. The van der Waals surface area contributed by atoms with Gasteiger partial charge in [0.05, 0.1) is 0 Å². The minimum atomic E-state index is -0.816. The summed E-state index contributed by atoms with van der Waals surface area (Å²) in [6.07, 6.45) is 7.03. The lowest BCUT2D eigenvalue weighted by molar-refractivity contribution is -0.132. The van der Waals surface area contributed by atoms with Gasteiger partial charge in [-0.25, -0.2) is 4.79 Å². The number of fused-ring (bicyclic) bond motifs is 1. The van der Waals surface area contributed by atoms with Crippen molar-refractivity contribution in [2.75, 3.05) is 0 Å². The summed E-state index contributed by atoms with van der Waals surface area (Å²) in [5.74, 6) is -0.816. The lowest BCUT2D eigenvalue weighted by atomic mass is 9.87. The molecule has 0 aliphatic rings. The Morgan fingerprint density at radius 1 is 1.17 bits per heavy atom. The number of aromatic nitrogens is 1. The number of carboxylic acid groups (broad SMARTS) is 1. The van der Waals surface area contributed by atoms with Crippen molar-refractivity contribution in [1.29, 1.82) is 0 Å². The van der Waals surface area contributed by atoms with Crippen LogP contribution < -0.4 is 0 Å². The molecule has 0 spiro atoms. The molecule has 0 saturated heterocycles. The number of H-pyrrole nitrogens is 1. The molecule has 24 heavy (non-hydrogen) atoms. The van der Waals surface area contributed by atoms with Gasteiger partial charge in [0.1, 0.15) is 0 Å². The molecule has 0 aliphatic heterocycles. The highest BCUT2D eigenvalue weighted by molar-refractivity contribution is 5.86. The molecule has 0 radical (unpaired) electrons. The van der Waals surface area contributed by atoms with Gasteiger partial charge in [-0.05, 0) is 44.2 Å². The molecular weight excluding hydrogens is 298 g/mol. The first-order valence-corrected chi connectivity index (χ1v) is 8.81. The molecule has 0 amide bonds. The minimum absolute atomic E-state index is 0.107. The number of carboxylic acids is 1. The summed E-state index contributed by atoms with van der Waals surface area (Å²) < 4.78 is 0. The molecule has 130 valence electrons. The second-order valence-corrected chi connectivity index (χ2v) is 7.57. The predicted molar refractivity (Wildman–Crippen MR) is 101 cm³/mol. The van der Waals surface area contributed by atoms with Crippen molar-refractivity contribution in [1.82, 2.24) is 4.98 Å². The van der Waals surface area contributed by atoms with Crippen LogP contribution in [0.1, 0.15) is 64.6 Å². The van der Waals surface area contributed by atoms with E-state index in [4.69, 9.17) is 5.11 Å². The molecule has 0 unspecified atom stereocenters. The summed E-state index contributed by atoms with van der Waals surface area (Å²) in [5.41, 5.74) is 4.55. The van der Waals surface area contributed by atoms with Gasteiger partial charge in [0.2, 0.25) is 0 Å². The van der Waals surface area contributed by atoms with E-state index in [1.54, 1.807) is 6.92 Å². The molecule has 1 aromatic carbocycles. The van der Waals surface area contributed by atoms with Crippen LogP contribution in [0, 0.1) is 0 Å². The topological polar surface area (TPSA) is 53.1 Å². The number of allylic oxidation sites excluding steroid dienone is 1. The average molecular weight is 327 g/mol. The number of aryl methyl sites for hydroxylation is 1. The van der Waals surface area contributed by atoms with Crippen molar-refractivity contribution in [3.05, 3.63) is 47.2 Å². The molecule has 2 N–H and O–H groups in total. The zero-order valence-corrected chi connectivity index (χ0v) is 15.3.